The first-order valence-electron chi connectivity index (χ1n) is 5.91. The molecular weight excluding hydrogens is 314 g/mol. The summed E-state index contributed by atoms with van der Waals surface area (Å²) >= 11 is 5.81. The Balaban J connectivity index is 2.48. The Labute approximate surface area is 127 Å². The fourth-order valence-corrected chi connectivity index (χ4v) is 3.19. The third-order valence-electron chi connectivity index (χ3n) is 2.77. The van der Waals surface area contributed by atoms with Gasteiger partial charge in [-0.3, -0.25) is 4.79 Å². The van der Waals surface area contributed by atoms with Gasteiger partial charge >= 0.3 is 10.1 Å². The number of amides is 1. The van der Waals surface area contributed by atoms with Crippen molar-refractivity contribution < 1.29 is 17.4 Å². The van der Waals surface area contributed by atoms with E-state index in [1.165, 1.54) is 18.2 Å². The van der Waals surface area contributed by atoms with Gasteiger partial charge in [-0.15, -0.1) is 0 Å². The average molecular weight is 326 g/mol. The van der Waals surface area contributed by atoms with E-state index >= 15 is 0 Å². The van der Waals surface area contributed by atoms with Crippen molar-refractivity contribution in [2.45, 2.75) is 11.8 Å². The molecule has 0 unspecified atom stereocenters. The average Bonchev–Trinajstić information content (AvgIpc) is 2.41. The minimum Gasteiger partial charge on any atom is -0.378 e. The second-order valence-corrected chi connectivity index (χ2v) is 6.26. The van der Waals surface area contributed by atoms with Crippen LogP contribution in [0.1, 0.15) is 15.9 Å². The van der Waals surface area contributed by atoms with Gasteiger partial charge in [0.25, 0.3) is 5.91 Å². The number of carbonyl (C=O) groups excluding carboxylic acids is 1. The van der Waals surface area contributed by atoms with Crippen LogP contribution in [0.4, 0.5) is 0 Å². The lowest BCUT2D eigenvalue weighted by Gasteiger charge is -2.11. The molecule has 0 radical (unpaired) electrons. The smallest absolute Gasteiger partial charge is 0.339 e. The first kappa shape index (κ1) is 15.3. The van der Waals surface area contributed by atoms with E-state index in [9.17, 15) is 13.2 Å². The number of rotatable bonds is 4. The molecule has 110 valence electrons. The van der Waals surface area contributed by atoms with Gasteiger partial charge in [-0.05, 0) is 36.8 Å². The summed E-state index contributed by atoms with van der Waals surface area (Å²) in [4.78, 5) is 11.2. The molecule has 2 aromatic rings. The number of carbonyl (C=O) groups is 1. The lowest BCUT2D eigenvalue weighted by molar-refractivity contribution is 0.0999. The summed E-state index contributed by atoms with van der Waals surface area (Å²) < 4.78 is 29.7. The van der Waals surface area contributed by atoms with Crippen LogP contribution < -0.4 is 9.92 Å². The Hall–Kier alpha value is -2.05. The van der Waals surface area contributed by atoms with Crippen LogP contribution in [0.3, 0.4) is 0 Å². The number of benzene rings is 2. The van der Waals surface area contributed by atoms with Gasteiger partial charge in [0, 0.05) is 5.02 Å². The van der Waals surface area contributed by atoms with Crippen molar-refractivity contribution in [2.24, 2.45) is 5.73 Å². The van der Waals surface area contributed by atoms with Gasteiger partial charge < -0.3 is 9.92 Å². The number of hydrogen-bond acceptors (Lipinski definition) is 4. The first-order valence-corrected chi connectivity index (χ1v) is 7.69. The molecule has 21 heavy (non-hydrogen) atoms. The summed E-state index contributed by atoms with van der Waals surface area (Å²) in [5.41, 5.74) is 5.66. The second kappa shape index (κ2) is 5.75. The maximum absolute atomic E-state index is 12.3. The molecule has 0 fully saturated rings. The van der Waals surface area contributed by atoms with Crippen molar-refractivity contribution in [3.63, 3.8) is 0 Å². The predicted molar refractivity (Wildman–Crippen MR) is 79.0 cm³/mol. The Morgan fingerprint density at radius 3 is 2.52 bits per heavy atom. The highest BCUT2D eigenvalue weighted by Crippen LogP contribution is 2.26. The van der Waals surface area contributed by atoms with Gasteiger partial charge in [-0.25, -0.2) is 0 Å². The lowest BCUT2D eigenvalue weighted by Crippen LogP contribution is -2.16. The van der Waals surface area contributed by atoms with E-state index in [0.717, 1.165) is 0 Å². The van der Waals surface area contributed by atoms with Crippen LogP contribution in [0.5, 0.6) is 5.75 Å². The van der Waals surface area contributed by atoms with Crippen molar-refractivity contribution in [2.75, 3.05) is 0 Å². The fourth-order valence-electron chi connectivity index (χ4n) is 1.75. The highest BCUT2D eigenvalue weighted by Gasteiger charge is 2.22. The van der Waals surface area contributed by atoms with E-state index in [-0.39, 0.29) is 21.2 Å². The number of halogens is 1. The fraction of sp³-hybridized carbons (Fsp3) is 0.0714. The molecule has 1 amide bonds. The second-order valence-electron chi connectivity index (χ2n) is 4.31. The summed E-state index contributed by atoms with van der Waals surface area (Å²) in [6, 6.07) is 10.3. The molecule has 0 heterocycles. The zero-order chi connectivity index (χ0) is 15.6. The number of para-hydroxylation sites is 1. The minimum atomic E-state index is -4.11. The number of hydrogen-bond donors (Lipinski definition) is 1. The van der Waals surface area contributed by atoms with E-state index < -0.39 is 16.0 Å². The number of primary amides is 1. The molecule has 2 N–H and O–H groups in total. The highest BCUT2D eigenvalue weighted by molar-refractivity contribution is 7.87. The molecule has 0 saturated carbocycles. The molecule has 0 aliphatic carbocycles. The van der Waals surface area contributed by atoms with E-state index in [4.69, 9.17) is 21.5 Å². The Morgan fingerprint density at radius 1 is 1.19 bits per heavy atom. The largest absolute Gasteiger partial charge is 0.378 e. The summed E-state index contributed by atoms with van der Waals surface area (Å²) in [7, 11) is -4.11. The molecule has 0 saturated heterocycles. The molecule has 0 aromatic heterocycles. The topological polar surface area (TPSA) is 86.5 Å². The van der Waals surface area contributed by atoms with Crippen molar-refractivity contribution in [1.29, 1.82) is 0 Å². The molecule has 0 bridgehead atoms. The van der Waals surface area contributed by atoms with E-state index in [2.05, 4.69) is 0 Å². The van der Waals surface area contributed by atoms with Gasteiger partial charge in [0.05, 0.1) is 5.56 Å². The molecule has 0 aliphatic heterocycles. The van der Waals surface area contributed by atoms with E-state index in [0.29, 0.717) is 5.56 Å². The van der Waals surface area contributed by atoms with Gasteiger partial charge in [-0.1, -0.05) is 29.8 Å². The Morgan fingerprint density at radius 2 is 1.86 bits per heavy atom. The lowest BCUT2D eigenvalue weighted by atomic mass is 10.2. The number of nitrogens with two attached hydrogens (primary N) is 1. The molecule has 7 heteroatoms. The molecule has 0 spiro atoms. The molecule has 0 atom stereocenters. The van der Waals surface area contributed by atoms with Gasteiger partial charge in [0.2, 0.25) is 0 Å². The first-order chi connectivity index (χ1) is 9.81. The van der Waals surface area contributed by atoms with Crippen molar-refractivity contribution in [3.8, 4) is 5.75 Å². The van der Waals surface area contributed by atoms with Crippen LogP contribution in [0.2, 0.25) is 5.02 Å². The van der Waals surface area contributed by atoms with Gasteiger partial charge in [0.1, 0.15) is 4.90 Å². The van der Waals surface area contributed by atoms with Gasteiger partial charge in [0.15, 0.2) is 5.75 Å². The van der Waals surface area contributed by atoms with Crippen molar-refractivity contribution >= 4 is 27.6 Å². The number of aryl methyl sites for hydroxylation is 1. The maximum Gasteiger partial charge on any atom is 0.339 e. The molecule has 5 nitrogen and oxygen atoms in total. The van der Waals surface area contributed by atoms with Crippen LogP contribution in [-0.4, -0.2) is 14.3 Å². The van der Waals surface area contributed by atoms with Crippen LogP contribution in [-0.2, 0) is 10.1 Å². The summed E-state index contributed by atoms with van der Waals surface area (Å²) in [5, 5.41) is 0.269. The molecule has 0 aliphatic rings. The SMILES string of the molecule is Cc1ccc(Cl)cc1S(=O)(=O)Oc1ccccc1C(N)=O. The van der Waals surface area contributed by atoms with Gasteiger partial charge in [-0.2, -0.15) is 8.42 Å². The Kier molecular flexibility index (Phi) is 4.20. The van der Waals surface area contributed by atoms with Crippen LogP contribution in [0.15, 0.2) is 47.4 Å². The standard InChI is InChI=1S/C14H12ClNO4S/c1-9-6-7-10(15)8-13(9)21(18,19)20-12-5-3-2-4-11(12)14(16)17/h2-8H,1H3,(H2,16,17). The summed E-state index contributed by atoms with van der Waals surface area (Å²) in [6.45, 7) is 1.62. The molecule has 2 aromatic carbocycles. The normalized spacial score (nSPS) is 11.1. The zero-order valence-electron chi connectivity index (χ0n) is 11.0. The molecular formula is C14H12ClNO4S. The van der Waals surface area contributed by atoms with E-state index in [1.54, 1.807) is 31.2 Å². The van der Waals surface area contributed by atoms with Crippen molar-refractivity contribution in [3.05, 3.63) is 58.6 Å². The third-order valence-corrected chi connectivity index (χ3v) is 4.38. The maximum atomic E-state index is 12.3. The van der Waals surface area contributed by atoms with Crippen LogP contribution in [0, 0.1) is 6.92 Å². The molecule has 2 rings (SSSR count). The summed E-state index contributed by atoms with van der Waals surface area (Å²) in [5.74, 6) is -0.895. The Bertz CT molecular complexity index is 802. The van der Waals surface area contributed by atoms with E-state index in [1.807, 2.05) is 0 Å². The highest BCUT2D eigenvalue weighted by atomic mass is 35.5. The zero-order valence-corrected chi connectivity index (χ0v) is 12.6. The third kappa shape index (κ3) is 3.34. The van der Waals surface area contributed by atoms with Crippen LogP contribution in [0.25, 0.3) is 0 Å². The monoisotopic (exact) mass is 325 g/mol. The van der Waals surface area contributed by atoms with Crippen LogP contribution >= 0.6 is 11.6 Å². The summed E-state index contributed by atoms with van der Waals surface area (Å²) in [6.07, 6.45) is 0. The predicted octanol–water partition coefficient (Wildman–Crippen LogP) is 2.52. The minimum absolute atomic E-state index is 0.0132. The quantitative estimate of drug-likeness (QED) is 0.875. The van der Waals surface area contributed by atoms with Crippen molar-refractivity contribution in [1.82, 2.24) is 0 Å².